The van der Waals surface area contributed by atoms with Crippen molar-refractivity contribution in [1.82, 2.24) is 10.2 Å². The monoisotopic (exact) mass is 414 g/mol. The normalized spacial score (nSPS) is 14.7. The van der Waals surface area contributed by atoms with Gasteiger partial charge in [0.15, 0.2) is 0 Å². The summed E-state index contributed by atoms with van der Waals surface area (Å²) in [5.74, 6) is -0.316. The van der Waals surface area contributed by atoms with Gasteiger partial charge in [-0.25, -0.2) is 9.59 Å². The molecular weight excluding hydrogens is 372 g/mol. The highest BCUT2D eigenvalue weighted by Crippen LogP contribution is 2.19. The first-order valence-electron chi connectivity index (χ1n) is 10.7. The van der Waals surface area contributed by atoms with E-state index in [1.54, 1.807) is 27.8 Å². The maximum Gasteiger partial charge on any atom is 0.408 e. The summed E-state index contributed by atoms with van der Waals surface area (Å²) >= 11 is 0. The summed E-state index contributed by atoms with van der Waals surface area (Å²) in [6.45, 7) is 13.5. The van der Waals surface area contributed by atoms with Crippen molar-refractivity contribution in [3.8, 4) is 0 Å². The lowest BCUT2D eigenvalue weighted by atomic mass is 9.94. The SMILES string of the molecule is CCCC[C@@H](C)C[C@H](NC(=O)OC(C)(C)C)C(=O)N(C)[C@@H](CC(C)C)C(=O)OC. The minimum atomic E-state index is -0.763. The second-order valence-corrected chi connectivity index (χ2v) is 9.30. The van der Waals surface area contributed by atoms with Crippen molar-refractivity contribution in [3.63, 3.8) is 0 Å². The summed E-state index contributed by atoms with van der Waals surface area (Å²) in [6.07, 6.45) is 3.43. The van der Waals surface area contributed by atoms with E-state index in [1.165, 1.54) is 12.0 Å². The largest absolute Gasteiger partial charge is 0.467 e. The third-order valence-electron chi connectivity index (χ3n) is 4.66. The number of likely N-dealkylation sites (N-methyl/N-ethyl adjacent to an activating group) is 1. The minimum absolute atomic E-state index is 0.204. The van der Waals surface area contributed by atoms with Crippen LogP contribution in [0.2, 0.25) is 0 Å². The van der Waals surface area contributed by atoms with E-state index in [9.17, 15) is 14.4 Å². The molecule has 0 saturated heterocycles. The first-order valence-corrected chi connectivity index (χ1v) is 10.7. The molecule has 2 amide bonds. The number of methoxy groups -OCH3 is 1. The summed E-state index contributed by atoms with van der Waals surface area (Å²) in [5, 5.41) is 2.72. The van der Waals surface area contributed by atoms with Crippen LogP contribution in [0.1, 0.15) is 80.6 Å². The van der Waals surface area contributed by atoms with Crippen molar-refractivity contribution in [3.05, 3.63) is 0 Å². The van der Waals surface area contributed by atoms with E-state index >= 15 is 0 Å². The zero-order chi connectivity index (χ0) is 22.8. The number of esters is 1. The average molecular weight is 415 g/mol. The van der Waals surface area contributed by atoms with Gasteiger partial charge in [-0.15, -0.1) is 0 Å². The van der Waals surface area contributed by atoms with E-state index in [0.717, 1.165) is 19.3 Å². The first kappa shape index (κ1) is 27.2. The Kier molecular flexibility index (Phi) is 11.9. The number of rotatable bonds is 11. The summed E-state index contributed by atoms with van der Waals surface area (Å²) in [7, 11) is 2.91. The Bertz CT molecular complexity index is 528. The molecule has 29 heavy (non-hydrogen) atoms. The van der Waals surface area contributed by atoms with Gasteiger partial charge in [-0.1, -0.05) is 47.0 Å². The van der Waals surface area contributed by atoms with Crippen LogP contribution >= 0.6 is 0 Å². The molecule has 0 spiro atoms. The molecule has 0 radical (unpaired) electrons. The van der Waals surface area contributed by atoms with Gasteiger partial charge in [0.05, 0.1) is 7.11 Å². The number of ether oxygens (including phenoxy) is 2. The molecular formula is C22H42N2O5. The van der Waals surface area contributed by atoms with Crippen LogP contribution in [0.4, 0.5) is 4.79 Å². The fourth-order valence-electron chi connectivity index (χ4n) is 3.14. The number of hydrogen-bond acceptors (Lipinski definition) is 5. The van der Waals surface area contributed by atoms with Gasteiger partial charge in [0.25, 0.3) is 0 Å². The summed E-state index contributed by atoms with van der Waals surface area (Å²) in [5.41, 5.74) is -0.663. The van der Waals surface area contributed by atoms with Gasteiger partial charge < -0.3 is 19.7 Å². The third-order valence-corrected chi connectivity index (χ3v) is 4.66. The highest BCUT2D eigenvalue weighted by molar-refractivity contribution is 5.89. The molecule has 0 unspecified atom stereocenters. The molecule has 0 bridgehead atoms. The molecule has 0 fully saturated rings. The van der Waals surface area contributed by atoms with E-state index < -0.39 is 29.7 Å². The van der Waals surface area contributed by atoms with Crippen molar-refractivity contribution < 1.29 is 23.9 Å². The van der Waals surface area contributed by atoms with Crippen molar-refractivity contribution in [1.29, 1.82) is 0 Å². The molecule has 1 N–H and O–H groups in total. The number of alkyl carbamates (subject to hydrolysis) is 1. The summed E-state index contributed by atoms with van der Waals surface area (Å²) in [4.78, 5) is 39.2. The predicted molar refractivity (Wildman–Crippen MR) is 114 cm³/mol. The van der Waals surface area contributed by atoms with Crippen LogP contribution in [0.3, 0.4) is 0 Å². The van der Waals surface area contributed by atoms with Crippen LogP contribution in [0.15, 0.2) is 0 Å². The van der Waals surface area contributed by atoms with Gasteiger partial charge in [0.1, 0.15) is 17.7 Å². The second-order valence-electron chi connectivity index (χ2n) is 9.30. The molecule has 0 aliphatic heterocycles. The fourth-order valence-corrected chi connectivity index (χ4v) is 3.14. The Labute approximate surface area is 176 Å². The molecule has 0 rings (SSSR count). The molecule has 0 saturated carbocycles. The second kappa shape index (κ2) is 12.7. The molecule has 0 aliphatic rings. The molecule has 7 nitrogen and oxygen atoms in total. The van der Waals surface area contributed by atoms with E-state index in [0.29, 0.717) is 12.8 Å². The Morgan fingerprint density at radius 2 is 1.66 bits per heavy atom. The zero-order valence-electron chi connectivity index (χ0n) is 19.8. The summed E-state index contributed by atoms with van der Waals surface area (Å²) < 4.78 is 10.2. The minimum Gasteiger partial charge on any atom is -0.467 e. The third kappa shape index (κ3) is 11.1. The quantitative estimate of drug-likeness (QED) is 0.514. The molecule has 0 aromatic carbocycles. The number of nitrogens with one attached hydrogen (secondary N) is 1. The topological polar surface area (TPSA) is 84.9 Å². The number of amides is 2. The van der Waals surface area contributed by atoms with Crippen molar-refractivity contribution in [2.24, 2.45) is 11.8 Å². The van der Waals surface area contributed by atoms with Crippen molar-refractivity contribution in [2.45, 2.75) is 98.3 Å². The maximum absolute atomic E-state index is 13.2. The van der Waals surface area contributed by atoms with Crippen LogP contribution in [0.25, 0.3) is 0 Å². The van der Waals surface area contributed by atoms with Crippen LogP contribution in [-0.4, -0.2) is 54.7 Å². The molecule has 3 atom stereocenters. The van der Waals surface area contributed by atoms with Crippen LogP contribution in [0, 0.1) is 11.8 Å². The standard InChI is InChI=1S/C22H42N2O5/c1-10-11-12-16(4)14-17(23-21(27)29-22(5,6)7)19(25)24(8)18(13-15(2)3)20(26)28-9/h15-18H,10-14H2,1-9H3,(H,23,27)/t16-,17+,18+/m1/s1. The predicted octanol–water partition coefficient (Wildman–Crippen LogP) is 4.14. The van der Waals surface area contributed by atoms with Crippen molar-refractivity contribution >= 4 is 18.0 Å². The lowest BCUT2D eigenvalue weighted by molar-refractivity contribution is -0.153. The lowest BCUT2D eigenvalue weighted by Crippen LogP contribution is -2.53. The number of hydrogen-bond donors (Lipinski definition) is 1. The molecule has 7 heteroatoms. The number of unbranched alkanes of at least 4 members (excludes halogenated alkanes) is 1. The Morgan fingerprint density at radius 3 is 2.10 bits per heavy atom. The highest BCUT2D eigenvalue weighted by atomic mass is 16.6. The van der Waals surface area contributed by atoms with Crippen LogP contribution in [-0.2, 0) is 19.1 Å². The number of nitrogens with zero attached hydrogens (tertiary/aromatic N) is 1. The van der Waals surface area contributed by atoms with Gasteiger partial charge >= 0.3 is 12.1 Å². The van der Waals surface area contributed by atoms with Gasteiger partial charge in [-0.3, -0.25) is 4.79 Å². The fraction of sp³-hybridized carbons (Fsp3) is 0.864. The number of carbonyl (C=O) groups excluding carboxylic acids is 3. The zero-order valence-corrected chi connectivity index (χ0v) is 19.8. The van der Waals surface area contributed by atoms with E-state index in [2.05, 4.69) is 19.2 Å². The number of carbonyl (C=O) groups is 3. The van der Waals surface area contributed by atoms with Gasteiger partial charge in [-0.05, 0) is 45.4 Å². The molecule has 170 valence electrons. The Balaban J connectivity index is 5.49. The van der Waals surface area contributed by atoms with E-state index in [-0.39, 0.29) is 17.7 Å². The maximum atomic E-state index is 13.2. The van der Waals surface area contributed by atoms with Crippen LogP contribution < -0.4 is 5.32 Å². The molecule has 0 heterocycles. The smallest absolute Gasteiger partial charge is 0.408 e. The lowest BCUT2D eigenvalue weighted by Gasteiger charge is -2.32. The van der Waals surface area contributed by atoms with Gasteiger partial charge in [0, 0.05) is 7.05 Å². The van der Waals surface area contributed by atoms with Gasteiger partial charge in [0.2, 0.25) is 5.91 Å². The average Bonchev–Trinajstić information content (AvgIpc) is 2.60. The highest BCUT2D eigenvalue weighted by Gasteiger charge is 2.34. The Morgan fingerprint density at radius 1 is 1.07 bits per heavy atom. The van der Waals surface area contributed by atoms with E-state index in [4.69, 9.17) is 9.47 Å². The molecule has 0 aliphatic carbocycles. The van der Waals surface area contributed by atoms with Crippen LogP contribution in [0.5, 0.6) is 0 Å². The summed E-state index contributed by atoms with van der Waals surface area (Å²) in [6, 6.07) is -1.46. The molecule has 0 aromatic rings. The Hall–Kier alpha value is -1.79. The van der Waals surface area contributed by atoms with Gasteiger partial charge in [-0.2, -0.15) is 0 Å². The van der Waals surface area contributed by atoms with Crippen molar-refractivity contribution in [2.75, 3.05) is 14.2 Å². The first-order chi connectivity index (χ1) is 13.3. The molecule has 0 aromatic heterocycles. The van der Waals surface area contributed by atoms with E-state index in [1.807, 2.05) is 13.8 Å².